The van der Waals surface area contributed by atoms with Gasteiger partial charge in [0.1, 0.15) is 0 Å². The highest BCUT2D eigenvalue weighted by Crippen LogP contribution is 2.48. The van der Waals surface area contributed by atoms with Crippen LogP contribution in [0.15, 0.2) is 95.5 Å². The molecule has 5 heteroatoms. The molecule has 0 unspecified atom stereocenters. The van der Waals surface area contributed by atoms with Crippen molar-refractivity contribution in [3.63, 3.8) is 0 Å². The Morgan fingerprint density at radius 1 is 0.842 bits per heavy atom. The van der Waals surface area contributed by atoms with E-state index in [0.29, 0.717) is 19.3 Å². The highest BCUT2D eigenvalue weighted by molar-refractivity contribution is 5.85. The zero-order valence-corrected chi connectivity index (χ0v) is 21.4. The van der Waals surface area contributed by atoms with Gasteiger partial charge in [0.2, 0.25) is 0 Å². The third kappa shape index (κ3) is 4.30. The molecule has 5 nitrogen and oxygen atoms in total. The number of carboxylic acids is 1. The van der Waals surface area contributed by atoms with Crippen molar-refractivity contribution >= 4 is 5.97 Å². The van der Waals surface area contributed by atoms with Gasteiger partial charge < -0.3 is 9.63 Å². The van der Waals surface area contributed by atoms with Crippen LogP contribution in [-0.4, -0.2) is 21.2 Å². The molecule has 5 aromatic rings. The van der Waals surface area contributed by atoms with Gasteiger partial charge in [0.05, 0.1) is 16.8 Å². The third-order valence-corrected chi connectivity index (χ3v) is 7.65. The summed E-state index contributed by atoms with van der Waals surface area (Å²) in [5.41, 5.74) is 9.40. The lowest BCUT2D eigenvalue weighted by Gasteiger charge is -2.11. The normalized spacial score (nSPS) is 13.8. The average Bonchev–Trinajstić information content (AvgIpc) is 3.69. The molecule has 0 amide bonds. The number of aromatic nitrogens is 2. The summed E-state index contributed by atoms with van der Waals surface area (Å²) < 4.78 is 5.78. The fourth-order valence-corrected chi connectivity index (χ4v) is 5.14. The molecule has 3 aromatic carbocycles. The third-order valence-electron chi connectivity index (χ3n) is 7.65. The van der Waals surface area contributed by atoms with E-state index in [2.05, 4.69) is 36.3 Å². The second-order valence-corrected chi connectivity index (χ2v) is 10.1. The smallest absolute Gasteiger partial charge is 0.314 e. The van der Waals surface area contributed by atoms with Gasteiger partial charge in [-0.05, 0) is 61.1 Å². The fraction of sp³-hybridized carbons (Fsp3) is 0.182. The number of pyridine rings is 1. The monoisotopic (exact) mass is 500 g/mol. The maximum Gasteiger partial charge on any atom is 0.314 e. The van der Waals surface area contributed by atoms with Crippen LogP contribution < -0.4 is 0 Å². The highest BCUT2D eigenvalue weighted by Gasteiger charge is 2.51. The minimum absolute atomic E-state index is 0.624. The fourth-order valence-electron chi connectivity index (χ4n) is 5.14. The van der Waals surface area contributed by atoms with E-state index in [4.69, 9.17) is 9.51 Å². The first kappa shape index (κ1) is 23.9. The number of aliphatic carboxylic acids is 1. The van der Waals surface area contributed by atoms with Crippen LogP contribution in [0, 0.1) is 13.8 Å². The minimum Gasteiger partial charge on any atom is -0.481 e. The molecule has 1 fully saturated rings. The number of rotatable bonds is 7. The van der Waals surface area contributed by atoms with Crippen molar-refractivity contribution in [3.8, 4) is 33.7 Å². The molecule has 188 valence electrons. The predicted octanol–water partition coefficient (Wildman–Crippen LogP) is 7.39. The van der Waals surface area contributed by atoms with Crippen LogP contribution >= 0.6 is 0 Å². The minimum atomic E-state index is -0.732. The molecule has 0 bridgehead atoms. The van der Waals surface area contributed by atoms with Crippen LogP contribution in [-0.2, 0) is 16.6 Å². The zero-order chi connectivity index (χ0) is 26.3. The molecule has 1 N–H and O–H groups in total. The van der Waals surface area contributed by atoms with E-state index >= 15 is 0 Å². The summed E-state index contributed by atoms with van der Waals surface area (Å²) >= 11 is 0. The molecule has 1 aliphatic carbocycles. The number of hydrogen-bond donors (Lipinski definition) is 1. The first-order valence-electron chi connectivity index (χ1n) is 12.9. The van der Waals surface area contributed by atoms with Crippen molar-refractivity contribution in [2.24, 2.45) is 0 Å². The maximum absolute atomic E-state index is 11.6. The summed E-state index contributed by atoms with van der Waals surface area (Å²) in [5, 5.41) is 13.8. The second kappa shape index (κ2) is 9.42. The SMILES string of the molecule is Cc1ccccc1-c1cccc(Cc2c(C)noc2-c2ccc(-c3ccc(C4(C(=O)O)CC4)cc3)cc2)n1. The molecule has 0 spiro atoms. The van der Waals surface area contributed by atoms with Crippen molar-refractivity contribution in [1.29, 1.82) is 0 Å². The Balaban J connectivity index is 1.25. The number of hydrogen-bond acceptors (Lipinski definition) is 4. The largest absolute Gasteiger partial charge is 0.481 e. The van der Waals surface area contributed by atoms with Crippen LogP contribution in [0.3, 0.4) is 0 Å². The summed E-state index contributed by atoms with van der Waals surface area (Å²) in [6.45, 7) is 4.07. The lowest BCUT2D eigenvalue weighted by molar-refractivity contribution is -0.140. The Morgan fingerprint density at radius 3 is 2.16 bits per heavy atom. The van der Waals surface area contributed by atoms with Crippen LogP contribution in [0.5, 0.6) is 0 Å². The van der Waals surface area contributed by atoms with Gasteiger partial charge in [-0.25, -0.2) is 0 Å². The van der Waals surface area contributed by atoms with Crippen LogP contribution in [0.4, 0.5) is 0 Å². The molecular weight excluding hydrogens is 472 g/mol. The average molecular weight is 501 g/mol. The standard InChI is InChI=1S/C33H28N2O3/c1-21-6-3-4-8-28(21)30-9-5-7-27(34-30)20-29-22(2)35-38-31(29)25-12-10-23(11-13-25)24-14-16-26(17-15-24)33(18-19-33)32(36)37/h3-17H,18-20H2,1-2H3,(H,36,37). The molecule has 1 aliphatic rings. The van der Waals surface area contributed by atoms with E-state index < -0.39 is 11.4 Å². The molecule has 0 saturated heterocycles. The summed E-state index contributed by atoms with van der Waals surface area (Å²) in [7, 11) is 0. The Hall–Kier alpha value is -4.51. The zero-order valence-electron chi connectivity index (χ0n) is 21.4. The lowest BCUT2D eigenvalue weighted by Crippen LogP contribution is -2.19. The van der Waals surface area contributed by atoms with Crippen molar-refractivity contribution < 1.29 is 14.4 Å². The van der Waals surface area contributed by atoms with E-state index in [1.807, 2.05) is 73.7 Å². The van der Waals surface area contributed by atoms with E-state index in [1.54, 1.807) is 0 Å². The quantitative estimate of drug-likeness (QED) is 0.252. The Morgan fingerprint density at radius 2 is 1.50 bits per heavy atom. The van der Waals surface area contributed by atoms with Gasteiger partial charge in [-0.2, -0.15) is 0 Å². The van der Waals surface area contributed by atoms with Crippen LogP contribution in [0.25, 0.3) is 33.7 Å². The van der Waals surface area contributed by atoms with Crippen molar-refractivity contribution in [3.05, 3.63) is 119 Å². The Bertz CT molecular complexity index is 1630. The summed E-state index contributed by atoms with van der Waals surface area (Å²) in [4.78, 5) is 16.6. The van der Waals surface area contributed by atoms with Gasteiger partial charge in [-0.15, -0.1) is 0 Å². The topological polar surface area (TPSA) is 76.2 Å². The van der Waals surface area contributed by atoms with E-state index in [0.717, 1.165) is 56.2 Å². The van der Waals surface area contributed by atoms with Gasteiger partial charge in [0, 0.05) is 28.8 Å². The summed E-state index contributed by atoms with van der Waals surface area (Å²) in [5.74, 6) is 0.0227. The maximum atomic E-state index is 11.6. The number of aryl methyl sites for hydroxylation is 2. The first-order valence-corrected chi connectivity index (χ1v) is 12.9. The molecule has 0 atom stereocenters. The molecule has 2 heterocycles. The predicted molar refractivity (Wildman–Crippen MR) is 148 cm³/mol. The first-order chi connectivity index (χ1) is 18.4. The van der Waals surface area contributed by atoms with Crippen molar-refractivity contribution in [2.75, 3.05) is 0 Å². The number of carbonyl (C=O) groups is 1. The van der Waals surface area contributed by atoms with E-state index in [-0.39, 0.29) is 0 Å². The lowest BCUT2D eigenvalue weighted by atomic mass is 9.93. The Labute approximate surface area is 221 Å². The van der Waals surface area contributed by atoms with Crippen LogP contribution in [0.1, 0.15) is 40.9 Å². The molecule has 0 aliphatic heterocycles. The van der Waals surface area contributed by atoms with Crippen molar-refractivity contribution in [1.82, 2.24) is 10.1 Å². The van der Waals surface area contributed by atoms with Gasteiger partial charge in [-0.1, -0.05) is 84.0 Å². The van der Waals surface area contributed by atoms with Gasteiger partial charge in [-0.3, -0.25) is 9.78 Å². The number of carboxylic acid groups (broad SMARTS) is 1. The highest BCUT2D eigenvalue weighted by atomic mass is 16.5. The molecular formula is C33H28N2O3. The summed E-state index contributed by atoms with van der Waals surface area (Å²) in [6.07, 6.45) is 2.04. The molecule has 2 aromatic heterocycles. The Kier molecular flexibility index (Phi) is 5.91. The van der Waals surface area contributed by atoms with Gasteiger partial charge in [0.25, 0.3) is 0 Å². The molecule has 38 heavy (non-hydrogen) atoms. The van der Waals surface area contributed by atoms with Gasteiger partial charge in [0.15, 0.2) is 5.76 Å². The summed E-state index contributed by atoms with van der Waals surface area (Å²) in [6, 6.07) is 30.5. The number of benzene rings is 3. The van der Waals surface area contributed by atoms with Gasteiger partial charge >= 0.3 is 5.97 Å². The van der Waals surface area contributed by atoms with E-state index in [1.165, 1.54) is 5.56 Å². The van der Waals surface area contributed by atoms with E-state index in [9.17, 15) is 9.90 Å². The van der Waals surface area contributed by atoms with Crippen LogP contribution in [0.2, 0.25) is 0 Å². The molecule has 6 rings (SSSR count). The molecule has 1 saturated carbocycles. The number of nitrogens with zero attached hydrogens (tertiary/aromatic N) is 2. The van der Waals surface area contributed by atoms with Crippen molar-refractivity contribution in [2.45, 2.75) is 38.5 Å². The molecule has 0 radical (unpaired) electrons. The second-order valence-electron chi connectivity index (χ2n) is 10.1.